The lowest BCUT2D eigenvalue weighted by atomic mass is 10.1. The minimum absolute atomic E-state index is 0.188. The standard InChI is InChI=1S/C17H19NO3/c1-12(2)10-18-16(9-6-14(11-19)17(18)20)13-4-7-15(21-3)8-5-13/h4-9,11-12H,10H2,1-3H3. The fourth-order valence-electron chi connectivity index (χ4n) is 2.25. The molecule has 0 amide bonds. The van der Waals surface area contributed by atoms with E-state index in [-0.39, 0.29) is 11.1 Å². The van der Waals surface area contributed by atoms with Gasteiger partial charge in [0.05, 0.1) is 18.4 Å². The maximum atomic E-state index is 12.4. The van der Waals surface area contributed by atoms with Crippen molar-refractivity contribution in [2.24, 2.45) is 5.92 Å². The average molecular weight is 285 g/mol. The molecule has 0 saturated carbocycles. The van der Waals surface area contributed by atoms with Crippen molar-refractivity contribution in [3.8, 4) is 17.0 Å². The molecule has 2 aromatic rings. The molecule has 4 nitrogen and oxygen atoms in total. The molecule has 2 rings (SSSR count). The summed E-state index contributed by atoms with van der Waals surface area (Å²) in [5.41, 5.74) is 1.67. The van der Waals surface area contributed by atoms with Gasteiger partial charge in [-0.1, -0.05) is 13.8 Å². The predicted octanol–water partition coefficient (Wildman–Crippen LogP) is 2.99. The molecule has 0 unspecified atom stereocenters. The molecule has 0 aliphatic carbocycles. The first-order valence-corrected chi connectivity index (χ1v) is 6.90. The van der Waals surface area contributed by atoms with Crippen molar-refractivity contribution in [2.45, 2.75) is 20.4 Å². The lowest BCUT2D eigenvalue weighted by Gasteiger charge is -2.16. The van der Waals surface area contributed by atoms with E-state index in [1.54, 1.807) is 17.7 Å². The van der Waals surface area contributed by atoms with Gasteiger partial charge in [-0.05, 0) is 47.9 Å². The maximum absolute atomic E-state index is 12.4. The summed E-state index contributed by atoms with van der Waals surface area (Å²) in [4.78, 5) is 23.3. The van der Waals surface area contributed by atoms with Crippen LogP contribution in [-0.4, -0.2) is 18.0 Å². The zero-order valence-corrected chi connectivity index (χ0v) is 12.5. The molecule has 1 heterocycles. The second-order valence-corrected chi connectivity index (χ2v) is 5.33. The zero-order valence-electron chi connectivity index (χ0n) is 12.5. The van der Waals surface area contributed by atoms with Gasteiger partial charge in [0.1, 0.15) is 5.75 Å². The zero-order chi connectivity index (χ0) is 15.4. The average Bonchev–Trinajstić information content (AvgIpc) is 2.49. The number of pyridine rings is 1. The Kier molecular flexibility index (Phi) is 4.58. The van der Waals surface area contributed by atoms with Crippen molar-refractivity contribution in [1.29, 1.82) is 0 Å². The third-order valence-corrected chi connectivity index (χ3v) is 3.26. The topological polar surface area (TPSA) is 48.3 Å². The van der Waals surface area contributed by atoms with E-state index < -0.39 is 0 Å². The SMILES string of the molecule is COc1ccc(-c2ccc(C=O)c(=O)n2CC(C)C)cc1. The van der Waals surface area contributed by atoms with E-state index in [9.17, 15) is 9.59 Å². The molecule has 0 aliphatic rings. The van der Waals surface area contributed by atoms with Gasteiger partial charge in [-0.2, -0.15) is 0 Å². The first kappa shape index (κ1) is 15.0. The number of rotatable bonds is 5. The Morgan fingerprint density at radius 3 is 2.33 bits per heavy atom. The lowest BCUT2D eigenvalue weighted by molar-refractivity contribution is 0.112. The highest BCUT2D eigenvalue weighted by atomic mass is 16.5. The van der Waals surface area contributed by atoms with Gasteiger partial charge in [0.25, 0.3) is 5.56 Å². The van der Waals surface area contributed by atoms with Crippen LogP contribution in [0.3, 0.4) is 0 Å². The Morgan fingerprint density at radius 1 is 1.14 bits per heavy atom. The number of hydrogen-bond donors (Lipinski definition) is 0. The molecule has 1 aromatic heterocycles. The molecule has 0 saturated heterocycles. The van der Waals surface area contributed by atoms with Crippen LogP contribution >= 0.6 is 0 Å². The van der Waals surface area contributed by atoms with E-state index >= 15 is 0 Å². The second-order valence-electron chi connectivity index (χ2n) is 5.33. The first-order chi connectivity index (χ1) is 10.1. The quantitative estimate of drug-likeness (QED) is 0.793. The van der Waals surface area contributed by atoms with Crippen LogP contribution in [0.25, 0.3) is 11.3 Å². The van der Waals surface area contributed by atoms with Gasteiger partial charge in [0, 0.05) is 6.54 Å². The molecule has 0 spiro atoms. The van der Waals surface area contributed by atoms with Crippen LogP contribution in [0.5, 0.6) is 5.75 Å². The number of carbonyl (C=O) groups is 1. The molecular formula is C17H19NO3. The molecule has 21 heavy (non-hydrogen) atoms. The van der Waals surface area contributed by atoms with Gasteiger partial charge in [-0.3, -0.25) is 9.59 Å². The fraction of sp³-hybridized carbons (Fsp3) is 0.294. The number of ether oxygens (including phenoxy) is 1. The Labute approximate surface area is 124 Å². The first-order valence-electron chi connectivity index (χ1n) is 6.90. The van der Waals surface area contributed by atoms with Crippen LogP contribution in [0.2, 0.25) is 0 Å². The summed E-state index contributed by atoms with van der Waals surface area (Å²) in [7, 11) is 1.61. The number of nitrogens with zero attached hydrogens (tertiary/aromatic N) is 1. The number of aromatic nitrogens is 1. The molecule has 4 heteroatoms. The van der Waals surface area contributed by atoms with Gasteiger partial charge in [0.2, 0.25) is 0 Å². The van der Waals surface area contributed by atoms with E-state index in [2.05, 4.69) is 0 Å². The van der Waals surface area contributed by atoms with Crippen molar-refractivity contribution in [3.63, 3.8) is 0 Å². The summed E-state index contributed by atoms with van der Waals surface area (Å²) in [5.74, 6) is 1.07. The molecule has 0 N–H and O–H groups in total. The van der Waals surface area contributed by atoms with Crippen LogP contribution < -0.4 is 10.3 Å². The number of carbonyl (C=O) groups excluding carboxylic acids is 1. The number of aldehydes is 1. The molecule has 0 atom stereocenters. The van der Waals surface area contributed by atoms with Crippen LogP contribution in [0.1, 0.15) is 24.2 Å². The summed E-state index contributed by atoms with van der Waals surface area (Å²) in [6.45, 7) is 4.65. The summed E-state index contributed by atoms with van der Waals surface area (Å²) >= 11 is 0. The van der Waals surface area contributed by atoms with E-state index in [0.717, 1.165) is 17.0 Å². The monoisotopic (exact) mass is 285 g/mol. The normalized spacial score (nSPS) is 10.7. The Balaban J connectivity index is 2.58. The Hall–Kier alpha value is -2.36. The van der Waals surface area contributed by atoms with Gasteiger partial charge >= 0.3 is 0 Å². The van der Waals surface area contributed by atoms with Gasteiger partial charge in [0.15, 0.2) is 6.29 Å². The molecule has 1 aromatic carbocycles. The van der Waals surface area contributed by atoms with E-state index in [0.29, 0.717) is 18.7 Å². The molecular weight excluding hydrogens is 266 g/mol. The summed E-state index contributed by atoms with van der Waals surface area (Å²) in [6, 6.07) is 10.9. The highest BCUT2D eigenvalue weighted by molar-refractivity contribution is 5.75. The van der Waals surface area contributed by atoms with E-state index in [1.165, 1.54) is 0 Å². The van der Waals surface area contributed by atoms with Gasteiger partial charge in [-0.25, -0.2) is 0 Å². The van der Waals surface area contributed by atoms with Crippen molar-refractivity contribution < 1.29 is 9.53 Å². The van der Waals surface area contributed by atoms with Crippen LogP contribution in [0.15, 0.2) is 41.2 Å². The smallest absolute Gasteiger partial charge is 0.261 e. The predicted molar refractivity (Wildman–Crippen MR) is 82.9 cm³/mol. The van der Waals surface area contributed by atoms with E-state index in [4.69, 9.17) is 4.74 Å². The Bertz CT molecular complexity index is 684. The summed E-state index contributed by atoms with van der Waals surface area (Å²) in [5, 5.41) is 0. The summed E-state index contributed by atoms with van der Waals surface area (Å²) < 4.78 is 6.81. The summed E-state index contributed by atoms with van der Waals surface area (Å²) in [6.07, 6.45) is 0.608. The van der Waals surface area contributed by atoms with Crippen LogP contribution in [0, 0.1) is 5.92 Å². The number of methoxy groups -OCH3 is 1. The highest BCUT2D eigenvalue weighted by Gasteiger charge is 2.11. The third-order valence-electron chi connectivity index (χ3n) is 3.26. The Morgan fingerprint density at radius 2 is 1.81 bits per heavy atom. The van der Waals surface area contributed by atoms with Crippen molar-refractivity contribution >= 4 is 6.29 Å². The maximum Gasteiger partial charge on any atom is 0.261 e. The minimum atomic E-state index is -0.244. The highest BCUT2D eigenvalue weighted by Crippen LogP contribution is 2.22. The molecule has 0 aliphatic heterocycles. The number of benzene rings is 1. The van der Waals surface area contributed by atoms with Gasteiger partial charge < -0.3 is 9.30 Å². The van der Waals surface area contributed by atoms with Crippen molar-refractivity contribution in [1.82, 2.24) is 4.57 Å². The largest absolute Gasteiger partial charge is 0.497 e. The lowest BCUT2D eigenvalue weighted by Crippen LogP contribution is -2.26. The second kappa shape index (κ2) is 6.39. The van der Waals surface area contributed by atoms with Crippen LogP contribution in [-0.2, 0) is 6.54 Å². The fourth-order valence-corrected chi connectivity index (χ4v) is 2.25. The van der Waals surface area contributed by atoms with E-state index in [1.807, 2.05) is 44.2 Å². The number of hydrogen-bond acceptors (Lipinski definition) is 3. The van der Waals surface area contributed by atoms with Gasteiger partial charge in [-0.15, -0.1) is 0 Å². The van der Waals surface area contributed by atoms with Crippen LogP contribution in [0.4, 0.5) is 0 Å². The van der Waals surface area contributed by atoms with Crippen molar-refractivity contribution in [3.05, 3.63) is 52.3 Å². The molecule has 0 bridgehead atoms. The molecule has 110 valence electrons. The molecule has 0 radical (unpaired) electrons. The minimum Gasteiger partial charge on any atom is -0.497 e. The van der Waals surface area contributed by atoms with Crippen molar-refractivity contribution in [2.75, 3.05) is 7.11 Å². The molecule has 0 fully saturated rings. The third kappa shape index (κ3) is 3.21.